The van der Waals surface area contributed by atoms with Crippen molar-refractivity contribution in [3.8, 4) is 17.1 Å². The Labute approximate surface area is 171 Å². The fourth-order valence-corrected chi connectivity index (χ4v) is 4.49. The highest BCUT2D eigenvalue weighted by molar-refractivity contribution is 8.00. The summed E-state index contributed by atoms with van der Waals surface area (Å²) in [5.74, 6) is 0.0138. The molecule has 8 heteroatoms. The number of rotatable bonds is 4. The Hall–Kier alpha value is -2.38. The number of aromatic nitrogens is 3. The zero-order chi connectivity index (χ0) is 19.5. The quantitative estimate of drug-likeness (QED) is 0.680. The molecule has 0 saturated carbocycles. The zero-order valence-corrected chi connectivity index (χ0v) is 16.5. The van der Waals surface area contributed by atoms with Gasteiger partial charge in [0.25, 0.3) is 0 Å². The zero-order valence-electron chi connectivity index (χ0n) is 14.9. The molecule has 5 nitrogen and oxygen atoms in total. The first kappa shape index (κ1) is 19.0. The fraction of sp³-hybridized carbons (Fsp3) is 0.250. The molecule has 1 saturated heterocycles. The van der Waals surface area contributed by atoms with E-state index in [-0.39, 0.29) is 11.2 Å². The van der Waals surface area contributed by atoms with Crippen molar-refractivity contribution >= 4 is 29.3 Å². The van der Waals surface area contributed by atoms with E-state index in [9.17, 15) is 9.18 Å². The van der Waals surface area contributed by atoms with Crippen LogP contribution in [0.2, 0.25) is 5.02 Å². The number of hydrogen-bond donors (Lipinski definition) is 1. The SMILES string of the molecule is O=C1NCCCCC1Sc1nnc(-c2ccccc2Cl)n1-c1ccccc1F. The number of amides is 1. The van der Waals surface area contributed by atoms with E-state index in [0.717, 1.165) is 19.3 Å². The average molecular weight is 417 g/mol. The van der Waals surface area contributed by atoms with Crippen molar-refractivity contribution in [2.75, 3.05) is 6.54 Å². The normalized spacial score (nSPS) is 17.2. The summed E-state index contributed by atoms with van der Waals surface area (Å²) in [5.41, 5.74) is 0.969. The van der Waals surface area contributed by atoms with Crippen LogP contribution in [0.1, 0.15) is 19.3 Å². The molecule has 0 bridgehead atoms. The summed E-state index contributed by atoms with van der Waals surface area (Å²) in [4.78, 5) is 12.4. The van der Waals surface area contributed by atoms with E-state index in [1.165, 1.54) is 17.8 Å². The lowest BCUT2D eigenvalue weighted by Gasteiger charge is -2.15. The Bertz CT molecular complexity index is 1010. The number of nitrogens with zero attached hydrogens (tertiary/aromatic N) is 3. The van der Waals surface area contributed by atoms with Gasteiger partial charge in [0.05, 0.1) is 16.0 Å². The van der Waals surface area contributed by atoms with Crippen molar-refractivity contribution < 1.29 is 9.18 Å². The third kappa shape index (κ3) is 3.77. The van der Waals surface area contributed by atoms with E-state index in [1.54, 1.807) is 28.8 Å². The van der Waals surface area contributed by atoms with Gasteiger partial charge in [-0.05, 0) is 37.1 Å². The molecule has 1 atom stereocenters. The lowest BCUT2D eigenvalue weighted by molar-refractivity contribution is -0.120. The van der Waals surface area contributed by atoms with Crippen molar-refractivity contribution in [1.29, 1.82) is 0 Å². The highest BCUT2D eigenvalue weighted by Crippen LogP contribution is 2.35. The van der Waals surface area contributed by atoms with Crippen LogP contribution in [0.25, 0.3) is 17.1 Å². The van der Waals surface area contributed by atoms with E-state index in [0.29, 0.717) is 33.8 Å². The minimum Gasteiger partial charge on any atom is -0.355 e. The molecule has 1 aliphatic rings. The minimum atomic E-state index is -0.400. The van der Waals surface area contributed by atoms with Crippen molar-refractivity contribution in [2.24, 2.45) is 0 Å². The van der Waals surface area contributed by atoms with Gasteiger partial charge < -0.3 is 5.32 Å². The van der Waals surface area contributed by atoms with Crippen LogP contribution in [0, 0.1) is 5.82 Å². The third-order valence-corrected chi connectivity index (χ3v) is 6.11. The highest BCUT2D eigenvalue weighted by atomic mass is 35.5. The lowest BCUT2D eigenvalue weighted by atomic mass is 10.2. The summed E-state index contributed by atoms with van der Waals surface area (Å²) in [5, 5.41) is 12.2. The minimum absolute atomic E-state index is 0.0233. The van der Waals surface area contributed by atoms with Gasteiger partial charge in [-0.25, -0.2) is 4.39 Å². The topological polar surface area (TPSA) is 59.8 Å². The summed E-state index contributed by atoms with van der Waals surface area (Å²) < 4.78 is 16.3. The second-order valence-electron chi connectivity index (χ2n) is 6.47. The summed E-state index contributed by atoms with van der Waals surface area (Å²) in [6.07, 6.45) is 2.64. The molecule has 144 valence electrons. The van der Waals surface area contributed by atoms with Crippen molar-refractivity contribution in [3.63, 3.8) is 0 Å². The van der Waals surface area contributed by atoms with Gasteiger partial charge in [0.2, 0.25) is 5.91 Å². The second-order valence-corrected chi connectivity index (χ2v) is 8.04. The lowest BCUT2D eigenvalue weighted by Crippen LogP contribution is -2.30. The number of halogens is 2. The Morgan fingerprint density at radius 2 is 1.89 bits per heavy atom. The first-order valence-corrected chi connectivity index (χ1v) is 10.3. The largest absolute Gasteiger partial charge is 0.355 e. The van der Waals surface area contributed by atoms with Gasteiger partial charge in [0.15, 0.2) is 11.0 Å². The monoisotopic (exact) mass is 416 g/mol. The smallest absolute Gasteiger partial charge is 0.233 e. The number of carbonyl (C=O) groups excluding carboxylic acids is 1. The number of carbonyl (C=O) groups is 1. The van der Waals surface area contributed by atoms with Crippen LogP contribution in [-0.4, -0.2) is 32.5 Å². The molecule has 1 aromatic heterocycles. The standard InChI is InChI=1S/C20H18ClFN4OS/c21-14-8-2-1-7-13(14)18-24-25-20(26(18)16-10-4-3-9-15(16)22)28-17-11-5-6-12-23-19(17)27/h1-4,7-10,17H,5-6,11-12H2,(H,23,27). The molecule has 1 fully saturated rings. The Morgan fingerprint density at radius 1 is 1.11 bits per heavy atom. The molecule has 0 spiro atoms. The average Bonchev–Trinajstić information content (AvgIpc) is 2.99. The Balaban J connectivity index is 1.82. The maximum absolute atomic E-state index is 14.7. The second kappa shape index (κ2) is 8.32. The molecule has 0 radical (unpaired) electrons. The van der Waals surface area contributed by atoms with Gasteiger partial charge in [-0.2, -0.15) is 0 Å². The first-order chi connectivity index (χ1) is 13.6. The molecule has 3 aromatic rings. The van der Waals surface area contributed by atoms with Crippen LogP contribution >= 0.6 is 23.4 Å². The maximum atomic E-state index is 14.7. The van der Waals surface area contributed by atoms with Crippen LogP contribution in [0.4, 0.5) is 4.39 Å². The van der Waals surface area contributed by atoms with Crippen LogP contribution < -0.4 is 5.32 Å². The van der Waals surface area contributed by atoms with Gasteiger partial charge in [0.1, 0.15) is 5.82 Å². The molecule has 1 N–H and O–H groups in total. The van der Waals surface area contributed by atoms with Gasteiger partial charge in [-0.15, -0.1) is 10.2 Å². The van der Waals surface area contributed by atoms with Gasteiger partial charge >= 0.3 is 0 Å². The number of hydrogen-bond acceptors (Lipinski definition) is 4. The number of benzene rings is 2. The predicted molar refractivity (Wildman–Crippen MR) is 108 cm³/mol. The highest BCUT2D eigenvalue weighted by Gasteiger charge is 2.27. The van der Waals surface area contributed by atoms with Crippen LogP contribution in [-0.2, 0) is 4.79 Å². The first-order valence-electron chi connectivity index (χ1n) is 9.05. The summed E-state index contributed by atoms with van der Waals surface area (Å²) >= 11 is 7.66. The van der Waals surface area contributed by atoms with E-state index < -0.39 is 5.82 Å². The Morgan fingerprint density at radius 3 is 2.71 bits per heavy atom. The van der Waals surface area contributed by atoms with Crippen molar-refractivity contribution in [3.05, 3.63) is 59.4 Å². The van der Waals surface area contributed by atoms with Crippen molar-refractivity contribution in [1.82, 2.24) is 20.1 Å². The fourth-order valence-electron chi connectivity index (χ4n) is 3.16. The molecule has 2 aromatic carbocycles. The summed E-state index contributed by atoms with van der Waals surface area (Å²) in [7, 11) is 0. The molecule has 28 heavy (non-hydrogen) atoms. The number of nitrogens with one attached hydrogen (secondary N) is 1. The summed E-state index contributed by atoms with van der Waals surface area (Å²) in [6.45, 7) is 0.681. The summed E-state index contributed by atoms with van der Waals surface area (Å²) in [6, 6.07) is 13.7. The van der Waals surface area contributed by atoms with Crippen LogP contribution in [0.5, 0.6) is 0 Å². The molecular weight excluding hydrogens is 399 g/mol. The number of para-hydroxylation sites is 1. The number of thioether (sulfide) groups is 1. The van der Waals surface area contributed by atoms with Gasteiger partial charge in [0, 0.05) is 12.1 Å². The molecule has 4 rings (SSSR count). The molecule has 1 aliphatic heterocycles. The predicted octanol–water partition coefficient (Wildman–Crippen LogP) is 4.49. The Kier molecular flexibility index (Phi) is 5.64. The van der Waals surface area contributed by atoms with E-state index in [2.05, 4.69) is 15.5 Å². The van der Waals surface area contributed by atoms with E-state index >= 15 is 0 Å². The third-order valence-electron chi connectivity index (χ3n) is 4.57. The van der Waals surface area contributed by atoms with E-state index in [1.807, 2.05) is 18.2 Å². The molecular formula is C20H18ClFN4OS. The van der Waals surface area contributed by atoms with Gasteiger partial charge in [-0.1, -0.05) is 54.0 Å². The van der Waals surface area contributed by atoms with Crippen LogP contribution in [0.3, 0.4) is 0 Å². The molecule has 2 heterocycles. The maximum Gasteiger partial charge on any atom is 0.233 e. The van der Waals surface area contributed by atoms with E-state index in [4.69, 9.17) is 11.6 Å². The molecule has 0 aliphatic carbocycles. The molecule has 1 unspecified atom stereocenters. The van der Waals surface area contributed by atoms with Gasteiger partial charge in [-0.3, -0.25) is 9.36 Å². The molecule has 1 amide bonds. The van der Waals surface area contributed by atoms with Crippen molar-refractivity contribution in [2.45, 2.75) is 29.7 Å². The van der Waals surface area contributed by atoms with Crippen LogP contribution in [0.15, 0.2) is 53.7 Å².